The van der Waals surface area contributed by atoms with Crippen molar-refractivity contribution in [2.75, 3.05) is 0 Å². The Balaban J connectivity index is 2.06. The standard InChI is InChI=1S/C13H18F2O8S2/c1-5-7-8-9(22-10(16)13(14,15)25(19,20)21)11(5,3)6(2)12(7,4)23-24(8,17)18/h5-9H,1-4H3,(H,19,20,21). The summed E-state index contributed by atoms with van der Waals surface area (Å²) < 4.78 is 91.9. The Morgan fingerprint density at radius 2 is 1.80 bits per heavy atom. The van der Waals surface area contributed by atoms with E-state index in [1.54, 1.807) is 27.7 Å². The van der Waals surface area contributed by atoms with Crippen molar-refractivity contribution < 1.29 is 43.9 Å². The Kier molecular flexibility index (Phi) is 3.56. The Hall–Kier alpha value is -0.850. The highest BCUT2D eigenvalue weighted by molar-refractivity contribution is 7.88. The van der Waals surface area contributed by atoms with Crippen LogP contribution in [0.3, 0.4) is 0 Å². The highest BCUT2D eigenvalue weighted by Crippen LogP contribution is 2.72. The number of fused-ring (bicyclic) bond motifs is 1. The van der Waals surface area contributed by atoms with Crippen LogP contribution >= 0.6 is 0 Å². The number of rotatable bonds is 3. The van der Waals surface area contributed by atoms with Gasteiger partial charge in [0.15, 0.2) is 0 Å². The van der Waals surface area contributed by atoms with Crippen LogP contribution in [0.4, 0.5) is 8.78 Å². The predicted molar refractivity (Wildman–Crippen MR) is 78.5 cm³/mol. The van der Waals surface area contributed by atoms with E-state index in [0.717, 1.165) is 0 Å². The van der Waals surface area contributed by atoms with Gasteiger partial charge in [-0.2, -0.15) is 25.6 Å². The van der Waals surface area contributed by atoms with Gasteiger partial charge in [-0.25, -0.2) is 4.79 Å². The summed E-state index contributed by atoms with van der Waals surface area (Å²) in [7, 11) is -10.2. The lowest BCUT2D eigenvalue weighted by Gasteiger charge is -2.42. The van der Waals surface area contributed by atoms with E-state index < -0.39 is 65.7 Å². The largest absolute Gasteiger partial charge is 0.465 e. The second-order valence-electron chi connectivity index (χ2n) is 7.44. The van der Waals surface area contributed by atoms with Crippen molar-refractivity contribution in [3.63, 3.8) is 0 Å². The van der Waals surface area contributed by atoms with Gasteiger partial charge in [0.2, 0.25) is 0 Å². The first kappa shape index (κ1) is 18.9. The van der Waals surface area contributed by atoms with Gasteiger partial charge in [0.25, 0.3) is 10.1 Å². The molecular weight excluding hydrogens is 386 g/mol. The zero-order chi connectivity index (χ0) is 19.4. The van der Waals surface area contributed by atoms with Gasteiger partial charge >= 0.3 is 21.3 Å². The maximum absolute atomic E-state index is 13.6. The predicted octanol–water partition coefficient (Wildman–Crippen LogP) is 0.788. The van der Waals surface area contributed by atoms with Gasteiger partial charge in [-0.3, -0.25) is 8.74 Å². The molecule has 12 heteroatoms. The highest BCUT2D eigenvalue weighted by Gasteiger charge is 2.82. The Morgan fingerprint density at radius 1 is 1.28 bits per heavy atom. The summed E-state index contributed by atoms with van der Waals surface area (Å²) in [5, 5.41) is -6.56. The number of hydrogen-bond acceptors (Lipinski definition) is 7. The van der Waals surface area contributed by atoms with E-state index in [2.05, 4.69) is 0 Å². The third-order valence-corrected chi connectivity index (χ3v) is 9.28. The van der Waals surface area contributed by atoms with Gasteiger partial charge in [0, 0.05) is 11.3 Å². The summed E-state index contributed by atoms with van der Waals surface area (Å²) in [6, 6.07) is 0. The third-order valence-electron chi connectivity index (χ3n) is 6.66. The fourth-order valence-corrected chi connectivity index (χ4v) is 7.73. The molecular formula is C13H18F2O8S2. The molecule has 7 unspecified atom stereocenters. The fourth-order valence-electron chi connectivity index (χ4n) is 5.09. The molecule has 8 nitrogen and oxygen atoms in total. The number of ether oxygens (including phenoxy) is 1. The smallest absolute Gasteiger partial charge is 0.455 e. The van der Waals surface area contributed by atoms with E-state index in [0.29, 0.717) is 0 Å². The molecule has 0 aromatic carbocycles. The quantitative estimate of drug-likeness (QED) is 0.416. The minimum Gasteiger partial charge on any atom is -0.455 e. The summed E-state index contributed by atoms with van der Waals surface area (Å²) in [4.78, 5) is 11.7. The van der Waals surface area contributed by atoms with Crippen LogP contribution in [0.2, 0.25) is 0 Å². The molecule has 3 rings (SSSR count). The SMILES string of the molecule is CC1C2C3C(OC(=O)C(F)(F)S(=O)(=O)O)C1(C)C(C)C2(C)OS3(=O)=O. The van der Waals surface area contributed by atoms with E-state index in [1.807, 2.05) is 0 Å². The topological polar surface area (TPSA) is 124 Å². The Bertz CT molecular complexity index is 853. The summed E-state index contributed by atoms with van der Waals surface area (Å²) in [6.45, 7) is 6.62. The maximum atomic E-state index is 13.6. The van der Waals surface area contributed by atoms with Gasteiger partial charge in [-0.15, -0.1) is 0 Å². The molecule has 0 spiro atoms. The first-order valence-electron chi connectivity index (χ1n) is 7.53. The molecule has 1 N–H and O–H groups in total. The van der Waals surface area contributed by atoms with Crippen LogP contribution in [0.5, 0.6) is 0 Å². The number of alkyl halides is 2. The van der Waals surface area contributed by atoms with Crippen LogP contribution in [0.25, 0.3) is 0 Å². The van der Waals surface area contributed by atoms with Crippen molar-refractivity contribution in [1.29, 1.82) is 0 Å². The number of carbonyl (C=O) groups is 1. The molecule has 3 aliphatic rings. The van der Waals surface area contributed by atoms with Gasteiger partial charge < -0.3 is 4.74 Å². The fraction of sp³-hybridized carbons (Fsp3) is 0.923. The maximum Gasteiger partial charge on any atom is 0.465 e. The summed E-state index contributed by atoms with van der Waals surface area (Å²) in [6.07, 6.45) is -1.51. The van der Waals surface area contributed by atoms with E-state index in [9.17, 15) is 30.4 Å². The van der Waals surface area contributed by atoms with E-state index in [4.69, 9.17) is 13.5 Å². The van der Waals surface area contributed by atoms with Crippen LogP contribution in [0, 0.1) is 23.2 Å². The molecule has 0 amide bonds. The first-order valence-corrected chi connectivity index (χ1v) is 10.4. The zero-order valence-electron chi connectivity index (χ0n) is 13.8. The molecule has 2 aliphatic carbocycles. The summed E-state index contributed by atoms with van der Waals surface area (Å²) in [5.41, 5.74) is -2.06. The molecule has 0 aromatic heterocycles. The lowest BCUT2D eigenvalue weighted by Crippen LogP contribution is -2.53. The highest BCUT2D eigenvalue weighted by atomic mass is 32.2. The summed E-state index contributed by atoms with van der Waals surface area (Å²) >= 11 is 0. The van der Waals surface area contributed by atoms with Crippen LogP contribution in [-0.2, 0) is 34.0 Å². The number of halogens is 2. The molecule has 0 radical (unpaired) electrons. The van der Waals surface area contributed by atoms with Crippen LogP contribution in [-0.4, -0.2) is 49.6 Å². The van der Waals surface area contributed by atoms with Crippen molar-refractivity contribution in [2.45, 2.75) is 49.9 Å². The molecule has 2 bridgehead atoms. The molecule has 1 heterocycles. The van der Waals surface area contributed by atoms with E-state index >= 15 is 0 Å². The van der Waals surface area contributed by atoms with Gasteiger partial charge in [0.1, 0.15) is 11.4 Å². The van der Waals surface area contributed by atoms with Crippen molar-refractivity contribution in [3.05, 3.63) is 0 Å². The number of hydrogen-bond donors (Lipinski definition) is 1. The molecule has 1 aliphatic heterocycles. The van der Waals surface area contributed by atoms with Crippen molar-refractivity contribution in [1.82, 2.24) is 0 Å². The molecule has 3 fully saturated rings. The van der Waals surface area contributed by atoms with Crippen LogP contribution in [0.1, 0.15) is 27.7 Å². The second kappa shape index (κ2) is 4.70. The van der Waals surface area contributed by atoms with Gasteiger partial charge in [-0.05, 0) is 18.8 Å². The van der Waals surface area contributed by atoms with Gasteiger partial charge in [-0.1, -0.05) is 20.8 Å². The van der Waals surface area contributed by atoms with Crippen molar-refractivity contribution in [2.24, 2.45) is 23.2 Å². The van der Waals surface area contributed by atoms with E-state index in [-0.39, 0.29) is 5.92 Å². The monoisotopic (exact) mass is 404 g/mol. The zero-order valence-corrected chi connectivity index (χ0v) is 15.4. The Morgan fingerprint density at radius 3 is 2.28 bits per heavy atom. The molecule has 1 saturated heterocycles. The Labute approximate surface area is 143 Å². The normalized spacial score (nSPS) is 47.9. The van der Waals surface area contributed by atoms with Crippen molar-refractivity contribution in [3.8, 4) is 0 Å². The minimum atomic E-state index is -6.05. The lowest BCUT2D eigenvalue weighted by atomic mass is 9.68. The second-order valence-corrected chi connectivity index (χ2v) is 10.6. The van der Waals surface area contributed by atoms with Gasteiger partial charge in [0.05, 0.1) is 5.60 Å². The van der Waals surface area contributed by atoms with Crippen LogP contribution < -0.4 is 0 Å². The average molecular weight is 404 g/mol. The first-order chi connectivity index (χ1) is 11.0. The molecule has 25 heavy (non-hydrogen) atoms. The molecule has 0 aromatic rings. The molecule has 144 valence electrons. The number of carbonyl (C=O) groups excluding carboxylic acids is 1. The number of esters is 1. The molecule has 2 saturated carbocycles. The van der Waals surface area contributed by atoms with E-state index in [1.165, 1.54) is 0 Å². The third kappa shape index (κ3) is 1.99. The van der Waals surface area contributed by atoms with Crippen molar-refractivity contribution >= 4 is 26.2 Å². The molecule has 7 atom stereocenters. The van der Waals surface area contributed by atoms with Crippen LogP contribution in [0.15, 0.2) is 0 Å². The average Bonchev–Trinajstić information content (AvgIpc) is 2.83. The summed E-state index contributed by atoms with van der Waals surface area (Å²) in [5.74, 6) is -3.90. The minimum absolute atomic E-state index is 0.341. The lowest BCUT2D eigenvalue weighted by molar-refractivity contribution is -0.177.